The highest BCUT2D eigenvalue weighted by Crippen LogP contribution is 2.33. The van der Waals surface area contributed by atoms with Crippen LogP contribution >= 0.6 is 0 Å². The number of nitrogens with zero attached hydrogens (tertiary/aromatic N) is 2. The van der Waals surface area contributed by atoms with Crippen LogP contribution in [0.3, 0.4) is 0 Å². The molecule has 7 nitrogen and oxygen atoms in total. The number of fused-ring (bicyclic) bond motifs is 1. The maximum absolute atomic E-state index is 13.2. The molecule has 0 bridgehead atoms. The standard InChI is InChI=1S/C26H32N2O5/c1-4-6-8-12-33-20-10-9-18-16-28(17-19(18)13-20)26(32)22-14-21(23(29)15-24(22)30)25(31)27(3)11-7-5-2/h4,6,9-10,13-15,29-30H,5,7-8,11-12,16-17H2,1-3H3/b6-4-. The number of rotatable bonds is 9. The average molecular weight is 453 g/mol. The maximum atomic E-state index is 13.2. The lowest BCUT2D eigenvalue weighted by atomic mass is 10.1. The number of unbranched alkanes of at least 4 members (excludes halogenated alkanes) is 1. The summed E-state index contributed by atoms with van der Waals surface area (Å²) in [6.45, 7) is 5.89. The summed E-state index contributed by atoms with van der Waals surface area (Å²) in [7, 11) is 1.65. The Balaban J connectivity index is 1.75. The average Bonchev–Trinajstić information content (AvgIpc) is 3.23. The van der Waals surface area contributed by atoms with Gasteiger partial charge in [0.15, 0.2) is 0 Å². The van der Waals surface area contributed by atoms with Gasteiger partial charge in [-0.15, -0.1) is 0 Å². The minimum atomic E-state index is -0.399. The van der Waals surface area contributed by atoms with Gasteiger partial charge in [0.1, 0.15) is 17.2 Å². The predicted octanol–water partition coefficient (Wildman–Crippen LogP) is 4.47. The lowest BCUT2D eigenvalue weighted by molar-refractivity contribution is 0.0748. The van der Waals surface area contributed by atoms with Crippen molar-refractivity contribution in [2.75, 3.05) is 20.2 Å². The van der Waals surface area contributed by atoms with Gasteiger partial charge in [-0.25, -0.2) is 0 Å². The van der Waals surface area contributed by atoms with E-state index in [1.807, 2.05) is 44.2 Å². The quantitative estimate of drug-likeness (QED) is 0.433. The van der Waals surface area contributed by atoms with Gasteiger partial charge >= 0.3 is 0 Å². The summed E-state index contributed by atoms with van der Waals surface area (Å²) >= 11 is 0. The zero-order valence-electron chi connectivity index (χ0n) is 19.5. The molecule has 7 heteroatoms. The van der Waals surface area contributed by atoms with Gasteiger partial charge in [0.05, 0.1) is 17.7 Å². The molecule has 0 fully saturated rings. The number of hydrogen-bond acceptors (Lipinski definition) is 5. The van der Waals surface area contributed by atoms with Crippen molar-refractivity contribution in [2.24, 2.45) is 0 Å². The molecule has 0 unspecified atom stereocenters. The highest BCUT2D eigenvalue weighted by Gasteiger charge is 2.28. The predicted molar refractivity (Wildman–Crippen MR) is 127 cm³/mol. The summed E-state index contributed by atoms with van der Waals surface area (Å²) in [4.78, 5) is 29.1. The smallest absolute Gasteiger partial charge is 0.258 e. The van der Waals surface area contributed by atoms with E-state index in [-0.39, 0.29) is 28.5 Å². The van der Waals surface area contributed by atoms with E-state index in [0.29, 0.717) is 26.2 Å². The summed E-state index contributed by atoms with van der Waals surface area (Å²) in [6.07, 6.45) is 6.61. The molecule has 1 aliphatic rings. The van der Waals surface area contributed by atoms with Crippen LogP contribution in [0, 0.1) is 0 Å². The first-order valence-corrected chi connectivity index (χ1v) is 11.3. The second-order valence-corrected chi connectivity index (χ2v) is 8.26. The summed E-state index contributed by atoms with van der Waals surface area (Å²) in [5.74, 6) is -0.733. The lowest BCUT2D eigenvalue weighted by Gasteiger charge is -2.20. The van der Waals surface area contributed by atoms with Crippen LogP contribution < -0.4 is 4.74 Å². The van der Waals surface area contributed by atoms with Crippen molar-refractivity contribution in [3.8, 4) is 17.2 Å². The normalized spacial score (nSPS) is 12.8. The number of ether oxygens (including phenoxy) is 1. The molecule has 0 saturated heterocycles. The van der Waals surface area contributed by atoms with Gasteiger partial charge in [-0.1, -0.05) is 31.6 Å². The number of aromatic hydroxyl groups is 2. The zero-order valence-corrected chi connectivity index (χ0v) is 19.5. The fourth-order valence-corrected chi connectivity index (χ4v) is 3.81. The third-order valence-electron chi connectivity index (χ3n) is 5.74. The van der Waals surface area contributed by atoms with Crippen molar-refractivity contribution < 1.29 is 24.5 Å². The maximum Gasteiger partial charge on any atom is 0.258 e. The minimum absolute atomic E-state index is 0.00304. The first-order chi connectivity index (χ1) is 15.8. The highest BCUT2D eigenvalue weighted by atomic mass is 16.5. The van der Waals surface area contributed by atoms with E-state index in [1.54, 1.807) is 11.9 Å². The number of carbonyl (C=O) groups is 2. The fraction of sp³-hybridized carbons (Fsp3) is 0.385. The second-order valence-electron chi connectivity index (χ2n) is 8.26. The Hall–Kier alpha value is -3.48. The molecule has 3 rings (SSSR count). The van der Waals surface area contributed by atoms with Crippen molar-refractivity contribution in [1.82, 2.24) is 9.80 Å². The van der Waals surface area contributed by atoms with Crippen LogP contribution in [0.4, 0.5) is 0 Å². The molecule has 2 amide bonds. The van der Waals surface area contributed by atoms with Crippen LogP contribution in [0.2, 0.25) is 0 Å². The third kappa shape index (κ3) is 5.66. The van der Waals surface area contributed by atoms with Gasteiger partial charge < -0.3 is 24.7 Å². The Morgan fingerprint density at radius 3 is 2.55 bits per heavy atom. The minimum Gasteiger partial charge on any atom is -0.507 e. The fourth-order valence-electron chi connectivity index (χ4n) is 3.81. The topological polar surface area (TPSA) is 90.3 Å². The van der Waals surface area contributed by atoms with Crippen molar-refractivity contribution in [3.63, 3.8) is 0 Å². The van der Waals surface area contributed by atoms with Crippen LogP contribution in [0.5, 0.6) is 17.2 Å². The zero-order chi connectivity index (χ0) is 24.0. The van der Waals surface area contributed by atoms with E-state index in [0.717, 1.165) is 42.2 Å². The first-order valence-electron chi connectivity index (χ1n) is 11.3. The van der Waals surface area contributed by atoms with Crippen molar-refractivity contribution in [2.45, 2.75) is 46.2 Å². The van der Waals surface area contributed by atoms with Crippen LogP contribution in [0.15, 0.2) is 42.5 Å². The van der Waals surface area contributed by atoms with Crippen molar-refractivity contribution in [3.05, 3.63) is 64.7 Å². The number of carbonyl (C=O) groups excluding carboxylic acids is 2. The molecule has 2 N–H and O–H groups in total. The summed E-state index contributed by atoms with van der Waals surface area (Å²) in [5, 5.41) is 20.6. The van der Waals surface area contributed by atoms with Crippen LogP contribution in [0.25, 0.3) is 0 Å². The molecule has 0 radical (unpaired) electrons. The van der Waals surface area contributed by atoms with E-state index in [9.17, 15) is 19.8 Å². The number of amides is 2. The Bertz CT molecular complexity index is 1050. The number of allylic oxidation sites excluding steroid dienone is 1. The van der Waals surface area contributed by atoms with Crippen LogP contribution in [-0.4, -0.2) is 52.0 Å². The molecule has 2 aromatic rings. The molecule has 33 heavy (non-hydrogen) atoms. The lowest BCUT2D eigenvalue weighted by Crippen LogP contribution is -2.29. The molecule has 0 saturated carbocycles. The molecular weight excluding hydrogens is 420 g/mol. The number of hydrogen-bond donors (Lipinski definition) is 2. The molecule has 176 valence electrons. The SMILES string of the molecule is C/C=C\CCOc1ccc2c(c1)CN(C(=O)c1cc(C(=O)N(C)CCCC)c(O)cc1O)C2. The Morgan fingerprint density at radius 1 is 1.09 bits per heavy atom. The largest absolute Gasteiger partial charge is 0.507 e. The number of phenols is 2. The second kappa shape index (κ2) is 10.9. The third-order valence-corrected chi connectivity index (χ3v) is 5.74. The van der Waals surface area contributed by atoms with Gasteiger partial charge in [-0.3, -0.25) is 9.59 Å². The van der Waals surface area contributed by atoms with Gasteiger partial charge in [0.25, 0.3) is 11.8 Å². The number of phenolic OH excluding ortho intramolecular Hbond substituents is 2. The van der Waals surface area contributed by atoms with Crippen LogP contribution in [-0.2, 0) is 13.1 Å². The molecule has 0 spiro atoms. The monoisotopic (exact) mass is 452 g/mol. The van der Waals surface area contributed by atoms with Crippen LogP contribution in [0.1, 0.15) is 65.0 Å². The Morgan fingerprint density at radius 2 is 1.82 bits per heavy atom. The first kappa shape index (κ1) is 24.2. The molecule has 1 heterocycles. The van der Waals surface area contributed by atoms with Gasteiger partial charge in [0.2, 0.25) is 0 Å². The molecular formula is C26H32N2O5. The summed E-state index contributed by atoms with van der Waals surface area (Å²) < 4.78 is 5.77. The molecule has 0 aliphatic carbocycles. The Labute approximate surface area is 194 Å². The Kier molecular flexibility index (Phi) is 7.98. The van der Waals surface area contributed by atoms with E-state index < -0.39 is 5.91 Å². The molecule has 0 atom stereocenters. The van der Waals surface area contributed by atoms with Gasteiger partial charge in [-0.05, 0) is 49.1 Å². The molecule has 2 aromatic carbocycles. The highest BCUT2D eigenvalue weighted by molar-refractivity contribution is 6.03. The number of benzene rings is 2. The van der Waals surface area contributed by atoms with E-state index in [4.69, 9.17) is 4.74 Å². The van der Waals surface area contributed by atoms with Crippen molar-refractivity contribution >= 4 is 11.8 Å². The summed E-state index contributed by atoms with van der Waals surface area (Å²) in [6, 6.07) is 8.13. The van der Waals surface area contributed by atoms with Gasteiger partial charge in [-0.2, -0.15) is 0 Å². The van der Waals surface area contributed by atoms with Gasteiger partial charge in [0, 0.05) is 32.7 Å². The van der Waals surface area contributed by atoms with E-state index in [1.165, 1.54) is 11.0 Å². The summed E-state index contributed by atoms with van der Waals surface area (Å²) in [5.41, 5.74) is 2.00. The van der Waals surface area contributed by atoms with E-state index in [2.05, 4.69) is 0 Å². The van der Waals surface area contributed by atoms with E-state index >= 15 is 0 Å². The van der Waals surface area contributed by atoms with Crippen molar-refractivity contribution in [1.29, 1.82) is 0 Å². The molecule has 0 aromatic heterocycles. The molecule has 1 aliphatic heterocycles.